The van der Waals surface area contributed by atoms with Crippen molar-refractivity contribution in [2.24, 2.45) is 27.1 Å². The van der Waals surface area contributed by atoms with Gasteiger partial charge < -0.3 is 18.9 Å². The van der Waals surface area contributed by atoms with Gasteiger partial charge in [0.1, 0.15) is 0 Å². The molecule has 472 valence electrons. The van der Waals surface area contributed by atoms with Crippen LogP contribution < -0.4 is 26.2 Å². The van der Waals surface area contributed by atoms with Gasteiger partial charge in [-0.1, -0.05) is 206 Å². The van der Waals surface area contributed by atoms with Gasteiger partial charge in [0.25, 0.3) is 6.71 Å². The second kappa shape index (κ2) is 21.9. The van der Waals surface area contributed by atoms with Crippen LogP contribution in [0.5, 0.6) is 0 Å². The van der Waals surface area contributed by atoms with Crippen LogP contribution >= 0.6 is 0 Å². The minimum Gasteiger partial charge on any atom is -0.311 e. The van der Waals surface area contributed by atoms with Crippen molar-refractivity contribution in [2.75, 3.05) is 9.80 Å². The summed E-state index contributed by atoms with van der Waals surface area (Å²) in [6.07, 6.45) is 4.96. The fourth-order valence-electron chi connectivity index (χ4n) is 15.5. The minimum absolute atomic E-state index is 0.00631. The Balaban J connectivity index is 1.10. The lowest BCUT2D eigenvalue weighted by molar-refractivity contribution is 0.411. The van der Waals surface area contributed by atoms with E-state index < -0.39 is 0 Å². The monoisotopic (exact) mass is 1210 g/mol. The number of anilines is 6. The Labute approximate surface area is 552 Å². The summed E-state index contributed by atoms with van der Waals surface area (Å²) in [6, 6.07) is 68.4. The molecule has 0 bridgehead atoms. The van der Waals surface area contributed by atoms with E-state index in [2.05, 4.69) is 334 Å². The van der Waals surface area contributed by atoms with E-state index in [0.717, 1.165) is 54.9 Å². The van der Waals surface area contributed by atoms with Gasteiger partial charge in [0.15, 0.2) is 0 Å². The molecule has 0 N–H and O–H groups in total. The molecule has 92 heavy (non-hydrogen) atoms. The molecule has 0 fully saturated rings. The van der Waals surface area contributed by atoms with Crippen LogP contribution in [0.1, 0.15) is 184 Å². The summed E-state index contributed by atoms with van der Waals surface area (Å²) in [7, 11) is 0. The van der Waals surface area contributed by atoms with Crippen LogP contribution in [0.15, 0.2) is 170 Å². The molecular weight excluding hydrogens is 1110 g/mol. The van der Waals surface area contributed by atoms with Gasteiger partial charge in [-0.3, -0.25) is 0 Å². The van der Waals surface area contributed by atoms with Gasteiger partial charge in [0.05, 0.1) is 22.1 Å². The molecule has 0 spiro atoms. The van der Waals surface area contributed by atoms with Gasteiger partial charge in [-0.25, -0.2) is 0 Å². The first-order valence-electron chi connectivity index (χ1n) is 34.3. The highest BCUT2D eigenvalue weighted by Crippen LogP contribution is 2.48. The normalized spacial score (nSPS) is 14.1. The lowest BCUT2D eigenvalue weighted by atomic mass is 9.33. The molecule has 11 aromatic rings. The molecule has 0 amide bonds. The molecule has 0 aliphatic carbocycles. The van der Waals surface area contributed by atoms with Crippen LogP contribution in [-0.4, -0.2) is 15.8 Å². The summed E-state index contributed by atoms with van der Waals surface area (Å²) in [4.78, 5) is 5.29. The smallest absolute Gasteiger partial charge is 0.252 e. The van der Waals surface area contributed by atoms with E-state index in [-0.39, 0.29) is 44.6 Å². The Hall–Kier alpha value is -7.76. The maximum atomic E-state index is 2.64. The predicted octanol–water partition coefficient (Wildman–Crippen LogP) is 22.5. The Morgan fingerprint density at radius 2 is 0.533 bits per heavy atom. The number of hydrogen-bond donors (Lipinski definition) is 0. The molecule has 9 aromatic carbocycles. The van der Waals surface area contributed by atoms with E-state index in [4.69, 9.17) is 0 Å². The minimum atomic E-state index is -0.0805. The first kappa shape index (κ1) is 63.0. The molecule has 0 saturated heterocycles. The zero-order chi connectivity index (χ0) is 65.7. The molecular formula is C87H101BN4. The average molecular weight is 1210 g/mol. The fourth-order valence-corrected chi connectivity index (χ4v) is 15.5. The van der Waals surface area contributed by atoms with Gasteiger partial charge in [0.2, 0.25) is 0 Å². The third-order valence-electron chi connectivity index (χ3n) is 19.1. The van der Waals surface area contributed by atoms with E-state index in [0.29, 0.717) is 0 Å². The zero-order valence-corrected chi connectivity index (χ0v) is 59.6. The quantitative estimate of drug-likeness (QED) is 0.134. The van der Waals surface area contributed by atoms with Crippen molar-refractivity contribution in [1.29, 1.82) is 0 Å². The Kier molecular flexibility index (Phi) is 15.0. The Morgan fingerprint density at radius 1 is 0.261 bits per heavy atom. The molecule has 5 heteroatoms. The van der Waals surface area contributed by atoms with Crippen molar-refractivity contribution in [3.8, 4) is 11.4 Å². The standard InChI is InChI=1S/C87H101BN4/c1-81(2,3)50-55-22-38-72-66(42-55)67-43-56(51-82(4,5)6)23-39-73(67)91(72)64-34-36-70-76(48-64)89(62-30-26-60(27-31-62)86(16,17)18)78-46-59(54-85(13,14)15)47-79-80(78)88(70)71-37-35-65(49-77(71)90(79)63-32-28-61(29-33-63)87(19,20)21)92-74-40-24-57(52-83(7,8)9)44-68(74)69-45-58(25-41-75(69)92)53-84(10,11)12/h22-49H,50-54H2,1-21H3. The van der Waals surface area contributed by atoms with Crippen LogP contribution in [0.4, 0.5) is 34.1 Å². The highest BCUT2D eigenvalue weighted by molar-refractivity contribution is 7.00. The van der Waals surface area contributed by atoms with Crippen LogP contribution in [0.25, 0.3) is 55.0 Å². The van der Waals surface area contributed by atoms with Gasteiger partial charge in [-0.15, -0.1) is 0 Å². The summed E-state index contributed by atoms with van der Waals surface area (Å²) in [6.45, 7) is 49.3. The Morgan fingerprint density at radius 3 is 0.804 bits per heavy atom. The van der Waals surface area contributed by atoms with E-state index in [1.165, 1.54) is 122 Å². The zero-order valence-electron chi connectivity index (χ0n) is 59.6. The summed E-state index contributed by atoms with van der Waals surface area (Å²) in [5, 5.41) is 5.27. The molecule has 0 atom stereocenters. The third-order valence-corrected chi connectivity index (χ3v) is 19.1. The van der Waals surface area contributed by atoms with Crippen LogP contribution in [0, 0.1) is 27.1 Å². The predicted molar refractivity (Wildman–Crippen MR) is 402 cm³/mol. The summed E-state index contributed by atoms with van der Waals surface area (Å²) >= 11 is 0. The largest absolute Gasteiger partial charge is 0.311 e. The van der Waals surface area contributed by atoms with Crippen molar-refractivity contribution in [1.82, 2.24) is 9.13 Å². The first-order chi connectivity index (χ1) is 42.9. The number of aromatic nitrogens is 2. The van der Waals surface area contributed by atoms with Crippen LogP contribution in [-0.2, 0) is 42.9 Å². The average Bonchev–Trinajstić information content (AvgIpc) is 0.741. The molecule has 2 aliphatic rings. The van der Waals surface area contributed by atoms with Gasteiger partial charge >= 0.3 is 0 Å². The second-order valence-electron chi connectivity index (χ2n) is 36.0. The molecule has 13 rings (SSSR count). The maximum Gasteiger partial charge on any atom is 0.252 e. The fraction of sp³-hybridized carbons (Fsp3) is 0.379. The van der Waals surface area contributed by atoms with Gasteiger partial charge in [-0.2, -0.15) is 0 Å². The van der Waals surface area contributed by atoms with E-state index >= 15 is 0 Å². The number of benzene rings is 9. The first-order valence-corrected chi connectivity index (χ1v) is 34.3. The number of nitrogens with zero attached hydrogens (tertiary/aromatic N) is 4. The topological polar surface area (TPSA) is 16.3 Å². The molecule has 2 aromatic heterocycles. The highest BCUT2D eigenvalue weighted by atomic mass is 15.2. The van der Waals surface area contributed by atoms with Crippen molar-refractivity contribution in [3.63, 3.8) is 0 Å². The van der Waals surface area contributed by atoms with E-state index in [9.17, 15) is 0 Å². The number of hydrogen-bond acceptors (Lipinski definition) is 2. The van der Waals surface area contributed by atoms with Gasteiger partial charge in [0, 0.05) is 67.0 Å². The molecule has 2 aliphatic heterocycles. The molecule has 4 nitrogen and oxygen atoms in total. The van der Waals surface area contributed by atoms with Crippen molar-refractivity contribution in [2.45, 2.75) is 188 Å². The summed E-state index contributed by atoms with van der Waals surface area (Å²) < 4.78 is 5.14. The molecule has 4 heterocycles. The maximum absolute atomic E-state index is 2.64. The molecule has 0 saturated carbocycles. The lowest BCUT2D eigenvalue weighted by Crippen LogP contribution is -2.61. The SMILES string of the molecule is CC(C)(C)Cc1cc2c3c(c1)N(c1ccc(C(C)(C)C)cc1)c1cc(-n4c5ccc(CC(C)(C)C)cc5c5cc(CC(C)(C)C)ccc54)ccc1B3c1ccc(-n3c4ccc(CC(C)(C)C)cc4c4cc(CC(C)(C)C)ccc43)cc1N2c1ccc(C(C)(C)C)cc1. The lowest BCUT2D eigenvalue weighted by Gasteiger charge is -2.45. The van der Waals surface area contributed by atoms with Crippen molar-refractivity contribution < 1.29 is 0 Å². The molecule has 0 unspecified atom stereocenters. The van der Waals surface area contributed by atoms with Crippen LogP contribution in [0.3, 0.4) is 0 Å². The number of fused-ring (bicyclic) bond motifs is 10. The Bertz CT molecular complexity index is 4250. The summed E-state index contributed by atoms with van der Waals surface area (Å²) in [5.74, 6) is 0. The van der Waals surface area contributed by atoms with E-state index in [1.54, 1.807) is 0 Å². The van der Waals surface area contributed by atoms with Crippen molar-refractivity contribution in [3.05, 3.63) is 209 Å². The second-order valence-corrected chi connectivity index (χ2v) is 36.0. The number of rotatable bonds is 9. The van der Waals surface area contributed by atoms with E-state index in [1.807, 2.05) is 0 Å². The summed E-state index contributed by atoms with van der Waals surface area (Å²) in [5.41, 5.74) is 28.6. The van der Waals surface area contributed by atoms with Crippen LogP contribution in [0.2, 0.25) is 0 Å². The van der Waals surface area contributed by atoms with Crippen molar-refractivity contribution >= 4 is 101 Å². The third kappa shape index (κ3) is 12.2. The molecule has 0 radical (unpaired) electrons. The van der Waals surface area contributed by atoms with Gasteiger partial charge in [-0.05, 0) is 235 Å². The highest BCUT2D eigenvalue weighted by Gasteiger charge is 2.44.